The van der Waals surface area contributed by atoms with E-state index in [9.17, 15) is 4.79 Å². The summed E-state index contributed by atoms with van der Waals surface area (Å²) in [6, 6.07) is 0. The summed E-state index contributed by atoms with van der Waals surface area (Å²) in [5.74, 6) is 0.857. The number of hydrogen-bond donors (Lipinski definition) is 0. The van der Waals surface area contributed by atoms with Gasteiger partial charge in [-0.25, -0.2) is 9.48 Å². The summed E-state index contributed by atoms with van der Waals surface area (Å²) in [6.07, 6.45) is 0. The Hall–Kier alpha value is -0.770. The fraction of sp³-hybridized carbons (Fsp3) is 0.800. The molecule has 1 heterocycles. The Labute approximate surface area is 95.9 Å². The van der Waals surface area contributed by atoms with Gasteiger partial charge in [-0.3, -0.25) is 4.57 Å². The highest BCUT2D eigenvalue weighted by atomic mass is 35.5. The van der Waals surface area contributed by atoms with Crippen LogP contribution >= 0.6 is 11.6 Å². The van der Waals surface area contributed by atoms with Crippen molar-refractivity contribution in [3.8, 4) is 0 Å². The Balaban J connectivity index is 0.000000921. The van der Waals surface area contributed by atoms with Crippen LogP contribution in [0.3, 0.4) is 0 Å². The number of halogens is 1. The zero-order valence-corrected chi connectivity index (χ0v) is 11.1. The quantitative estimate of drug-likeness (QED) is 0.697. The zero-order valence-electron chi connectivity index (χ0n) is 10.3. The van der Waals surface area contributed by atoms with Gasteiger partial charge in [0.25, 0.3) is 0 Å². The van der Waals surface area contributed by atoms with E-state index < -0.39 is 0 Å². The van der Waals surface area contributed by atoms with E-state index in [-0.39, 0.29) is 17.1 Å². The number of hydrogen-bond acceptors (Lipinski definition) is 2. The molecule has 0 fully saturated rings. The van der Waals surface area contributed by atoms with Gasteiger partial charge in [0.15, 0.2) is 0 Å². The molecule has 0 N–H and O–H groups in total. The Morgan fingerprint density at radius 2 is 1.80 bits per heavy atom. The van der Waals surface area contributed by atoms with Gasteiger partial charge in [-0.05, 0) is 20.8 Å². The third kappa shape index (κ3) is 3.09. The van der Waals surface area contributed by atoms with Crippen LogP contribution in [0, 0.1) is 0 Å². The van der Waals surface area contributed by atoms with Crippen molar-refractivity contribution in [1.29, 1.82) is 0 Å². The molecule has 5 heteroatoms. The Morgan fingerprint density at radius 1 is 1.33 bits per heavy atom. The predicted octanol–water partition coefficient (Wildman–Crippen LogP) is 2.10. The minimum Gasteiger partial charge on any atom is -0.281 e. The lowest BCUT2D eigenvalue weighted by Gasteiger charge is -2.16. The Bertz CT molecular complexity index is 360. The molecule has 0 aliphatic heterocycles. The first-order valence-electron chi connectivity index (χ1n) is 5.09. The summed E-state index contributed by atoms with van der Waals surface area (Å²) in [7, 11) is 1.68. The molecule has 0 bridgehead atoms. The summed E-state index contributed by atoms with van der Waals surface area (Å²) in [5.41, 5.74) is -0.415. The van der Waals surface area contributed by atoms with Gasteiger partial charge in [0, 0.05) is 7.05 Å². The van der Waals surface area contributed by atoms with Gasteiger partial charge >= 0.3 is 5.69 Å². The topological polar surface area (TPSA) is 39.8 Å². The molecule has 88 valence electrons. The fourth-order valence-corrected chi connectivity index (χ4v) is 1.26. The number of alkyl halides is 1. The molecular formula is C10H20ClN3O. The first-order valence-corrected chi connectivity index (χ1v) is 5.62. The molecule has 4 nitrogen and oxygen atoms in total. The molecule has 0 radical (unpaired) electrons. The first kappa shape index (κ1) is 14.2. The Kier molecular flexibility index (Phi) is 5.08. The van der Waals surface area contributed by atoms with Crippen LogP contribution in [0.2, 0.25) is 0 Å². The maximum Gasteiger partial charge on any atom is 0.346 e. The van der Waals surface area contributed by atoms with Crippen LogP contribution in [0.15, 0.2) is 4.79 Å². The zero-order chi connectivity index (χ0) is 12.2. The van der Waals surface area contributed by atoms with E-state index in [0.29, 0.717) is 5.82 Å². The average molecular weight is 234 g/mol. The summed E-state index contributed by atoms with van der Waals surface area (Å²) in [5, 5.41) is 4.13. The van der Waals surface area contributed by atoms with Crippen LogP contribution in [0.5, 0.6) is 0 Å². The standard InChI is InChI=1S/C8H14ClN3O.C2H6/c1-8(2,3)12-7(13)11(4)6(5-9)10-12;1-2/h5H2,1-4H3;1-2H3. The van der Waals surface area contributed by atoms with Crippen molar-refractivity contribution in [1.82, 2.24) is 14.3 Å². The molecule has 0 aliphatic rings. The highest BCUT2D eigenvalue weighted by Crippen LogP contribution is 2.09. The molecule has 15 heavy (non-hydrogen) atoms. The van der Waals surface area contributed by atoms with E-state index in [1.165, 1.54) is 9.25 Å². The highest BCUT2D eigenvalue weighted by molar-refractivity contribution is 6.16. The smallest absolute Gasteiger partial charge is 0.281 e. The van der Waals surface area contributed by atoms with E-state index in [2.05, 4.69) is 5.10 Å². The lowest BCUT2D eigenvalue weighted by atomic mass is 10.1. The van der Waals surface area contributed by atoms with Gasteiger partial charge in [0.2, 0.25) is 0 Å². The summed E-state index contributed by atoms with van der Waals surface area (Å²) in [6.45, 7) is 9.79. The molecular weight excluding hydrogens is 214 g/mol. The lowest BCUT2D eigenvalue weighted by molar-refractivity contribution is 0.340. The third-order valence-corrected chi connectivity index (χ3v) is 2.06. The van der Waals surface area contributed by atoms with Gasteiger partial charge in [-0.2, -0.15) is 5.10 Å². The van der Waals surface area contributed by atoms with E-state index in [1.54, 1.807) is 7.05 Å². The number of nitrogens with zero attached hydrogens (tertiary/aromatic N) is 3. The molecule has 0 spiro atoms. The summed E-state index contributed by atoms with van der Waals surface area (Å²) >= 11 is 5.63. The van der Waals surface area contributed by atoms with E-state index in [0.717, 1.165) is 0 Å². The van der Waals surface area contributed by atoms with Crippen LogP contribution in [0.25, 0.3) is 0 Å². The second-order valence-electron chi connectivity index (χ2n) is 3.97. The van der Waals surface area contributed by atoms with Crippen molar-refractivity contribution in [2.45, 2.75) is 46.0 Å². The van der Waals surface area contributed by atoms with E-state index in [1.807, 2.05) is 34.6 Å². The maximum absolute atomic E-state index is 11.6. The second kappa shape index (κ2) is 5.35. The van der Waals surface area contributed by atoms with Crippen molar-refractivity contribution in [2.24, 2.45) is 7.05 Å². The van der Waals surface area contributed by atoms with Gasteiger partial charge in [-0.15, -0.1) is 11.6 Å². The van der Waals surface area contributed by atoms with Gasteiger partial charge < -0.3 is 0 Å². The van der Waals surface area contributed by atoms with Gasteiger partial charge in [0.1, 0.15) is 5.82 Å². The van der Waals surface area contributed by atoms with Crippen molar-refractivity contribution < 1.29 is 0 Å². The van der Waals surface area contributed by atoms with Crippen molar-refractivity contribution in [3.05, 3.63) is 16.3 Å². The van der Waals surface area contributed by atoms with Crippen LogP contribution in [-0.2, 0) is 18.5 Å². The van der Waals surface area contributed by atoms with E-state index >= 15 is 0 Å². The van der Waals surface area contributed by atoms with Crippen LogP contribution in [0.1, 0.15) is 40.4 Å². The van der Waals surface area contributed by atoms with Crippen molar-refractivity contribution >= 4 is 11.6 Å². The van der Waals surface area contributed by atoms with Gasteiger partial charge in [0.05, 0.1) is 11.4 Å². The highest BCUT2D eigenvalue weighted by Gasteiger charge is 2.20. The molecule has 1 rings (SSSR count). The minimum absolute atomic E-state index is 0.122. The summed E-state index contributed by atoms with van der Waals surface area (Å²) in [4.78, 5) is 11.6. The molecule has 0 saturated heterocycles. The minimum atomic E-state index is -0.293. The first-order chi connectivity index (χ1) is 6.88. The lowest BCUT2D eigenvalue weighted by Crippen LogP contribution is -2.35. The normalized spacial score (nSPS) is 10.9. The van der Waals surface area contributed by atoms with Crippen LogP contribution in [0.4, 0.5) is 0 Å². The molecule has 0 unspecified atom stereocenters. The second-order valence-corrected chi connectivity index (χ2v) is 4.24. The maximum atomic E-state index is 11.6. The van der Waals surface area contributed by atoms with Crippen molar-refractivity contribution in [2.75, 3.05) is 0 Å². The predicted molar refractivity (Wildman–Crippen MR) is 63.4 cm³/mol. The van der Waals surface area contributed by atoms with E-state index in [4.69, 9.17) is 11.6 Å². The molecule has 0 saturated carbocycles. The third-order valence-electron chi connectivity index (χ3n) is 1.83. The largest absolute Gasteiger partial charge is 0.346 e. The van der Waals surface area contributed by atoms with Crippen molar-refractivity contribution in [3.63, 3.8) is 0 Å². The average Bonchev–Trinajstić information content (AvgIpc) is 2.46. The van der Waals surface area contributed by atoms with Crippen LogP contribution in [-0.4, -0.2) is 14.3 Å². The molecule has 0 amide bonds. The molecule has 0 atom stereocenters. The van der Waals surface area contributed by atoms with Crippen LogP contribution < -0.4 is 5.69 Å². The molecule has 1 aromatic heterocycles. The SMILES string of the molecule is CC.Cn1c(CCl)nn(C(C)(C)C)c1=O. The van der Waals surface area contributed by atoms with Gasteiger partial charge in [-0.1, -0.05) is 13.8 Å². The number of rotatable bonds is 1. The molecule has 1 aromatic rings. The number of aromatic nitrogens is 3. The molecule has 0 aliphatic carbocycles. The molecule has 0 aromatic carbocycles. The summed E-state index contributed by atoms with van der Waals surface area (Å²) < 4.78 is 2.92. The fourth-order valence-electron chi connectivity index (χ4n) is 1.03. The monoisotopic (exact) mass is 233 g/mol. The Morgan fingerprint density at radius 3 is 2.00 bits per heavy atom.